The van der Waals surface area contributed by atoms with Gasteiger partial charge in [-0.15, -0.1) is 0 Å². The van der Waals surface area contributed by atoms with Crippen molar-refractivity contribution >= 4 is 27.1 Å². The lowest BCUT2D eigenvalue weighted by molar-refractivity contribution is -0.0516. The molecule has 1 fully saturated rings. The van der Waals surface area contributed by atoms with Crippen LogP contribution in [0.4, 0.5) is 8.78 Å². The number of hydrogen-bond acceptors (Lipinski definition) is 7. The van der Waals surface area contributed by atoms with Crippen LogP contribution in [0.5, 0.6) is 11.5 Å². The fourth-order valence-corrected chi connectivity index (χ4v) is 6.26. The van der Waals surface area contributed by atoms with Gasteiger partial charge >= 0.3 is 6.61 Å². The zero-order valence-corrected chi connectivity index (χ0v) is 29.1. The Bertz CT molecular complexity index is 1460. The third-order valence-electron chi connectivity index (χ3n) is 7.41. The van der Waals surface area contributed by atoms with E-state index in [0.29, 0.717) is 42.7 Å². The minimum Gasteiger partial charge on any atom is -0.487 e. The summed E-state index contributed by atoms with van der Waals surface area (Å²) in [6.45, 7) is 12.5. The summed E-state index contributed by atoms with van der Waals surface area (Å²) in [5, 5.41) is 4.98. The number of aromatic nitrogens is 3. The zero-order valence-electron chi connectivity index (χ0n) is 27.1. The van der Waals surface area contributed by atoms with Crippen LogP contribution in [0, 0.1) is 0 Å². The topological polar surface area (TPSA) is 86.0 Å². The van der Waals surface area contributed by atoms with Crippen LogP contribution in [0.25, 0.3) is 22.2 Å². The first kappa shape index (κ1) is 34.3. The van der Waals surface area contributed by atoms with Crippen LogP contribution in [0.3, 0.4) is 0 Å². The number of ether oxygens (including phenoxy) is 5. The van der Waals surface area contributed by atoms with Crippen LogP contribution in [-0.2, 0) is 34.1 Å². The molecule has 244 valence electrons. The second-order valence-electron chi connectivity index (χ2n) is 13.8. The van der Waals surface area contributed by atoms with Crippen LogP contribution in [0.15, 0.2) is 29.2 Å². The summed E-state index contributed by atoms with van der Waals surface area (Å²) in [5.74, 6) is 0.216. The van der Waals surface area contributed by atoms with Crippen molar-refractivity contribution in [1.29, 1.82) is 0 Å². The number of rotatable bonds is 18. The van der Waals surface area contributed by atoms with E-state index in [1.807, 2.05) is 4.57 Å². The summed E-state index contributed by atoms with van der Waals surface area (Å²) in [6.07, 6.45) is 3.79. The van der Waals surface area contributed by atoms with Crippen LogP contribution < -0.4 is 15.0 Å². The third kappa shape index (κ3) is 9.46. The number of hydrogen-bond donors (Lipinski definition) is 0. The molecule has 0 N–H and O–H groups in total. The number of halogens is 2. The van der Waals surface area contributed by atoms with E-state index in [0.717, 1.165) is 36.2 Å². The van der Waals surface area contributed by atoms with Gasteiger partial charge in [0.25, 0.3) is 5.56 Å². The van der Waals surface area contributed by atoms with Gasteiger partial charge in [0.2, 0.25) is 0 Å². The van der Waals surface area contributed by atoms with Crippen LogP contribution >= 0.6 is 0 Å². The van der Waals surface area contributed by atoms with Crippen molar-refractivity contribution in [2.75, 3.05) is 26.9 Å². The van der Waals surface area contributed by atoms with Gasteiger partial charge in [0.15, 0.2) is 11.5 Å². The number of alkyl halides is 2. The Hall–Kier alpha value is -2.59. The molecule has 0 bridgehead atoms. The predicted octanol–water partition coefficient (Wildman–Crippen LogP) is 6.82. The Morgan fingerprint density at radius 2 is 1.61 bits per heavy atom. The predicted molar refractivity (Wildman–Crippen MR) is 174 cm³/mol. The molecule has 0 unspecified atom stereocenters. The monoisotopic (exact) mass is 651 g/mol. The van der Waals surface area contributed by atoms with Gasteiger partial charge in [-0.05, 0) is 55.1 Å². The van der Waals surface area contributed by atoms with E-state index in [-0.39, 0.29) is 36.6 Å². The second kappa shape index (κ2) is 14.7. The number of benzene rings is 1. The van der Waals surface area contributed by atoms with Gasteiger partial charge < -0.3 is 28.3 Å². The highest BCUT2D eigenvalue weighted by atomic mass is 28.3. The fraction of sp³-hybridized carbons (Fsp3) is 0.613. The van der Waals surface area contributed by atoms with E-state index in [2.05, 4.69) is 44.4 Å². The molecule has 0 aliphatic heterocycles. The molecule has 13 heteroatoms. The fourth-order valence-electron chi connectivity index (χ4n) is 4.74. The molecular formula is C31H47F2N3O6Si2. The molecule has 3 aromatic rings. The molecular weight excluding hydrogens is 605 g/mol. The lowest BCUT2D eigenvalue weighted by atomic mass is 10.0. The quantitative estimate of drug-likeness (QED) is 0.110. The van der Waals surface area contributed by atoms with Crippen molar-refractivity contribution in [2.24, 2.45) is 0 Å². The smallest absolute Gasteiger partial charge is 0.387 e. The Labute approximate surface area is 260 Å². The summed E-state index contributed by atoms with van der Waals surface area (Å²) in [5.41, 5.74) is 2.54. The van der Waals surface area contributed by atoms with Crippen LogP contribution in [0.1, 0.15) is 18.4 Å². The first-order valence-electron chi connectivity index (χ1n) is 15.3. The summed E-state index contributed by atoms with van der Waals surface area (Å²) < 4.78 is 58.1. The van der Waals surface area contributed by atoms with Crippen molar-refractivity contribution < 1.29 is 32.5 Å². The number of methoxy groups -OCH3 is 1. The molecule has 9 nitrogen and oxygen atoms in total. The van der Waals surface area contributed by atoms with E-state index in [9.17, 15) is 13.6 Å². The van der Waals surface area contributed by atoms with Gasteiger partial charge in [-0.3, -0.25) is 4.79 Å². The SMILES string of the molecule is COCCc1c(-c2ccc(OC(F)F)c(OC3CC3)c2)n(COCC[Si](C)(C)C)c2cnn(COCC[Si](C)(C)C)c(=O)c12. The highest BCUT2D eigenvalue weighted by Crippen LogP contribution is 2.40. The first-order valence-corrected chi connectivity index (χ1v) is 22.7. The maximum absolute atomic E-state index is 14.0. The highest BCUT2D eigenvalue weighted by molar-refractivity contribution is 6.76. The highest BCUT2D eigenvalue weighted by Gasteiger charge is 2.28. The third-order valence-corrected chi connectivity index (χ3v) is 10.8. The normalized spacial score (nSPS) is 14.1. The number of nitrogens with zero attached hydrogens (tertiary/aromatic N) is 3. The van der Waals surface area contributed by atoms with Crippen LogP contribution in [0.2, 0.25) is 51.4 Å². The molecule has 0 amide bonds. The maximum atomic E-state index is 14.0. The van der Waals surface area contributed by atoms with Gasteiger partial charge in [0.05, 0.1) is 35.5 Å². The Kier molecular flexibility index (Phi) is 11.4. The van der Waals surface area contributed by atoms with E-state index >= 15 is 0 Å². The van der Waals surface area contributed by atoms with E-state index in [1.54, 1.807) is 25.4 Å². The van der Waals surface area contributed by atoms with Gasteiger partial charge in [-0.1, -0.05) is 39.3 Å². The average molecular weight is 652 g/mol. The molecule has 1 aromatic carbocycles. The molecule has 0 atom stereocenters. The summed E-state index contributed by atoms with van der Waals surface area (Å²) in [6, 6.07) is 6.89. The molecule has 1 aliphatic carbocycles. The molecule has 2 heterocycles. The summed E-state index contributed by atoms with van der Waals surface area (Å²) in [7, 11) is -1.02. The maximum Gasteiger partial charge on any atom is 0.387 e. The van der Waals surface area contributed by atoms with Gasteiger partial charge in [0, 0.05) is 42.0 Å². The molecule has 0 spiro atoms. The van der Waals surface area contributed by atoms with Gasteiger partial charge in [-0.25, -0.2) is 4.68 Å². The van der Waals surface area contributed by atoms with Crippen LogP contribution in [-0.4, -0.2) is 70.1 Å². The molecule has 4 rings (SSSR count). The summed E-state index contributed by atoms with van der Waals surface area (Å²) >= 11 is 0. The molecule has 1 saturated carbocycles. The lowest BCUT2D eigenvalue weighted by Gasteiger charge is -2.18. The lowest BCUT2D eigenvalue weighted by Crippen LogP contribution is -2.26. The Morgan fingerprint density at radius 1 is 0.955 bits per heavy atom. The molecule has 2 aromatic heterocycles. The van der Waals surface area contributed by atoms with E-state index in [4.69, 9.17) is 23.7 Å². The van der Waals surface area contributed by atoms with E-state index < -0.39 is 22.8 Å². The Balaban J connectivity index is 1.82. The largest absolute Gasteiger partial charge is 0.487 e. The molecule has 0 radical (unpaired) electrons. The van der Waals surface area contributed by atoms with Crippen molar-refractivity contribution in [2.45, 2.75) is 96.8 Å². The number of fused-ring (bicyclic) bond motifs is 1. The Morgan fingerprint density at radius 3 is 2.20 bits per heavy atom. The second-order valence-corrected chi connectivity index (χ2v) is 25.0. The molecule has 0 saturated heterocycles. The minimum atomic E-state index is -2.98. The average Bonchev–Trinajstić information content (AvgIpc) is 3.69. The standard InChI is InChI=1S/C31H47F2N3O6Si2/c1-38-13-12-24-28-25(19-34-36(30(28)37)21-40-15-17-44(5,6)7)35(20-39-14-16-43(2,3)4)29(24)22-8-11-26(42-31(32)33)27(18-22)41-23-9-10-23/h8,11,18-19,23,31H,9-10,12-17,20-21H2,1-7H3. The first-order chi connectivity index (χ1) is 20.8. The van der Waals surface area contributed by atoms with Crippen molar-refractivity contribution in [3.63, 3.8) is 0 Å². The van der Waals surface area contributed by atoms with Crippen molar-refractivity contribution in [3.05, 3.63) is 40.3 Å². The van der Waals surface area contributed by atoms with E-state index in [1.165, 1.54) is 10.7 Å². The van der Waals surface area contributed by atoms with Gasteiger partial charge in [-0.2, -0.15) is 13.9 Å². The minimum absolute atomic E-state index is 0.0253. The zero-order chi connectivity index (χ0) is 32.1. The van der Waals surface area contributed by atoms with Crippen molar-refractivity contribution in [1.82, 2.24) is 14.3 Å². The van der Waals surface area contributed by atoms with Crippen molar-refractivity contribution in [3.8, 4) is 22.8 Å². The molecule has 44 heavy (non-hydrogen) atoms. The van der Waals surface area contributed by atoms with Gasteiger partial charge in [0.1, 0.15) is 13.5 Å². The summed E-state index contributed by atoms with van der Waals surface area (Å²) in [4.78, 5) is 14.0. The molecule has 1 aliphatic rings.